The van der Waals surface area contributed by atoms with E-state index >= 15 is 0 Å². The van der Waals surface area contributed by atoms with Gasteiger partial charge >= 0.3 is 0 Å². The van der Waals surface area contributed by atoms with Crippen LogP contribution in [0.2, 0.25) is 5.02 Å². The van der Waals surface area contributed by atoms with E-state index in [9.17, 15) is 0 Å². The molecule has 2 rings (SSSR count). The molecule has 0 N–H and O–H groups in total. The number of alkyl halides is 1. The number of ether oxygens (including phenoxy) is 1. The van der Waals surface area contributed by atoms with Gasteiger partial charge in [0.1, 0.15) is 0 Å². The molecule has 1 fully saturated rings. The van der Waals surface area contributed by atoms with Crippen LogP contribution in [0.4, 0.5) is 0 Å². The van der Waals surface area contributed by atoms with Crippen LogP contribution < -0.4 is 0 Å². The molecule has 0 amide bonds. The Hall–Kier alpha value is -0.290. The van der Waals surface area contributed by atoms with E-state index in [0.29, 0.717) is 12.5 Å². The normalized spacial score (nSPS) is 21.4. The summed E-state index contributed by atoms with van der Waals surface area (Å²) in [6, 6.07) is 0.261. The van der Waals surface area contributed by atoms with Crippen LogP contribution in [0.15, 0.2) is 0 Å². The molecule has 1 saturated heterocycles. The highest BCUT2D eigenvalue weighted by Gasteiger charge is 2.25. The minimum atomic E-state index is 0.261. The summed E-state index contributed by atoms with van der Waals surface area (Å²) in [5.74, 6) is 0.579. The van der Waals surface area contributed by atoms with Crippen LogP contribution in [0.3, 0.4) is 0 Å². The molecule has 1 unspecified atom stereocenters. The van der Waals surface area contributed by atoms with Crippen LogP contribution in [0.25, 0.3) is 0 Å². The summed E-state index contributed by atoms with van der Waals surface area (Å²) in [6.45, 7) is 5.18. The minimum absolute atomic E-state index is 0.261. The third-order valence-electron chi connectivity index (χ3n) is 3.38. The fourth-order valence-corrected chi connectivity index (χ4v) is 2.86. The molecular weight excluding hydrogens is 273 g/mol. The van der Waals surface area contributed by atoms with E-state index in [1.807, 2.05) is 11.7 Å². The van der Waals surface area contributed by atoms with E-state index in [1.54, 1.807) is 0 Å². The molecule has 4 nitrogen and oxygen atoms in total. The van der Waals surface area contributed by atoms with E-state index in [2.05, 4.69) is 16.9 Å². The van der Waals surface area contributed by atoms with Crippen molar-refractivity contribution in [3.63, 3.8) is 0 Å². The summed E-state index contributed by atoms with van der Waals surface area (Å²) < 4.78 is 7.32. The van der Waals surface area contributed by atoms with Gasteiger partial charge in [-0.2, -0.15) is 5.10 Å². The molecule has 1 atom stereocenters. The van der Waals surface area contributed by atoms with Gasteiger partial charge in [0.05, 0.1) is 29.6 Å². The topological polar surface area (TPSA) is 30.3 Å². The first-order valence-corrected chi connectivity index (χ1v) is 7.16. The number of hydrogen-bond acceptors (Lipinski definition) is 3. The number of aromatic nitrogens is 2. The summed E-state index contributed by atoms with van der Waals surface area (Å²) in [7, 11) is 1.94. The maximum absolute atomic E-state index is 6.37. The van der Waals surface area contributed by atoms with Crippen molar-refractivity contribution in [2.45, 2.75) is 25.9 Å². The first-order valence-electron chi connectivity index (χ1n) is 6.25. The van der Waals surface area contributed by atoms with Crippen molar-refractivity contribution in [2.24, 2.45) is 7.05 Å². The summed E-state index contributed by atoms with van der Waals surface area (Å²) in [5.41, 5.74) is 2.02. The molecular formula is C12H19Cl2N3O. The molecule has 2 heterocycles. The molecule has 1 aromatic heterocycles. The van der Waals surface area contributed by atoms with Crippen molar-refractivity contribution in [1.82, 2.24) is 14.7 Å². The fraction of sp³-hybridized carbons (Fsp3) is 0.750. The Labute approximate surface area is 118 Å². The number of nitrogens with zero attached hydrogens (tertiary/aromatic N) is 3. The van der Waals surface area contributed by atoms with E-state index < -0.39 is 0 Å². The highest BCUT2D eigenvalue weighted by molar-refractivity contribution is 6.31. The Balaban J connectivity index is 2.15. The van der Waals surface area contributed by atoms with Gasteiger partial charge in [-0.25, -0.2) is 0 Å². The molecule has 0 bridgehead atoms. The lowest BCUT2D eigenvalue weighted by molar-refractivity contribution is -0.00403. The number of rotatable bonds is 4. The van der Waals surface area contributed by atoms with Gasteiger partial charge in [0.15, 0.2) is 0 Å². The first kappa shape index (κ1) is 14.1. The Morgan fingerprint density at radius 2 is 2.28 bits per heavy atom. The second kappa shape index (κ2) is 6.24. The quantitative estimate of drug-likeness (QED) is 0.796. The lowest BCUT2D eigenvalue weighted by Gasteiger charge is -2.34. The smallest absolute Gasteiger partial charge is 0.0863 e. The SMILES string of the molecule is CCc1nn(C)c(CN2CCOCC2CCl)c1Cl. The number of halogens is 2. The van der Waals surface area contributed by atoms with E-state index in [0.717, 1.165) is 42.5 Å². The van der Waals surface area contributed by atoms with E-state index in [1.165, 1.54) is 0 Å². The van der Waals surface area contributed by atoms with E-state index in [-0.39, 0.29) is 6.04 Å². The van der Waals surface area contributed by atoms with Crippen molar-refractivity contribution in [2.75, 3.05) is 25.6 Å². The zero-order valence-corrected chi connectivity index (χ0v) is 12.3. The van der Waals surface area contributed by atoms with Crippen LogP contribution in [-0.2, 0) is 24.8 Å². The zero-order valence-electron chi connectivity index (χ0n) is 10.8. The molecule has 6 heteroatoms. The van der Waals surface area contributed by atoms with Gasteiger partial charge in [-0.15, -0.1) is 11.6 Å². The third-order valence-corrected chi connectivity index (χ3v) is 4.18. The Morgan fingerprint density at radius 3 is 2.89 bits per heavy atom. The van der Waals surface area contributed by atoms with Crippen molar-refractivity contribution in [1.29, 1.82) is 0 Å². The predicted octanol–water partition coefficient (Wildman–Crippen LogP) is 2.08. The molecule has 1 aromatic rings. The number of morpholine rings is 1. The molecule has 1 aliphatic rings. The van der Waals surface area contributed by atoms with Crippen LogP contribution in [0, 0.1) is 0 Å². The van der Waals surface area contributed by atoms with Crippen LogP contribution in [0.1, 0.15) is 18.3 Å². The lowest BCUT2D eigenvalue weighted by Crippen LogP contribution is -2.46. The van der Waals surface area contributed by atoms with Crippen LogP contribution >= 0.6 is 23.2 Å². The summed E-state index contributed by atoms with van der Waals surface area (Å²) >= 11 is 12.3. The Kier molecular flexibility index (Phi) is 4.90. The first-order chi connectivity index (χ1) is 8.67. The van der Waals surface area contributed by atoms with Crippen molar-refractivity contribution < 1.29 is 4.74 Å². The largest absolute Gasteiger partial charge is 0.378 e. The van der Waals surface area contributed by atoms with Gasteiger partial charge < -0.3 is 4.74 Å². The maximum Gasteiger partial charge on any atom is 0.0863 e. The van der Waals surface area contributed by atoms with Crippen LogP contribution in [0.5, 0.6) is 0 Å². The highest BCUT2D eigenvalue weighted by atomic mass is 35.5. The second-order valence-electron chi connectivity index (χ2n) is 4.54. The van der Waals surface area contributed by atoms with Gasteiger partial charge in [0, 0.05) is 32.1 Å². The van der Waals surface area contributed by atoms with Crippen LogP contribution in [-0.4, -0.2) is 46.4 Å². The monoisotopic (exact) mass is 291 g/mol. The molecule has 1 aliphatic heterocycles. The third kappa shape index (κ3) is 2.82. The molecule has 102 valence electrons. The second-order valence-corrected chi connectivity index (χ2v) is 5.22. The molecule has 18 heavy (non-hydrogen) atoms. The standard InChI is InChI=1S/C12H19Cl2N3O/c1-3-10-12(14)11(16(2)15-10)7-17-4-5-18-8-9(17)6-13/h9H,3-8H2,1-2H3. The molecule has 0 aromatic carbocycles. The predicted molar refractivity (Wildman–Crippen MR) is 73.3 cm³/mol. The highest BCUT2D eigenvalue weighted by Crippen LogP contribution is 2.23. The Morgan fingerprint density at radius 1 is 1.50 bits per heavy atom. The van der Waals surface area contributed by atoms with Crippen molar-refractivity contribution in [3.8, 4) is 0 Å². The van der Waals surface area contributed by atoms with Gasteiger partial charge in [-0.3, -0.25) is 9.58 Å². The molecule has 0 radical (unpaired) electrons. The van der Waals surface area contributed by atoms with E-state index in [4.69, 9.17) is 27.9 Å². The van der Waals surface area contributed by atoms with Gasteiger partial charge in [0.2, 0.25) is 0 Å². The average molecular weight is 292 g/mol. The molecule has 0 saturated carbocycles. The van der Waals surface area contributed by atoms with Crippen molar-refractivity contribution >= 4 is 23.2 Å². The lowest BCUT2D eigenvalue weighted by atomic mass is 10.2. The van der Waals surface area contributed by atoms with Gasteiger partial charge in [-0.05, 0) is 6.42 Å². The summed E-state index contributed by atoms with van der Waals surface area (Å²) in [6.07, 6.45) is 0.856. The molecule has 0 spiro atoms. The van der Waals surface area contributed by atoms with Gasteiger partial charge in [-0.1, -0.05) is 18.5 Å². The zero-order chi connectivity index (χ0) is 13.1. The summed E-state index contributed by atoms with van der Waals surface area (Å²) in [4.78, 5) is 2.32. The van der Waals surface area contributed by atoms with Gasteiger partial charge in [0.25, 0.3) is 0 Å². The van der Waals surface area contributed by atoms with Crippen molar-refractivity contribution in [3.05, 3.63) is 16.4 Å². The Bertz CT molecular complexity index is 408. The number of aryl methyl sites for hydroxylation is 2. The number of hydrogen-bond donors (Lipinski definition) is 0. The minimum Gasteiger partial charge on any atom is -0.378 e. The summed E-state index contributed by atoms with van der Waals surface area (Å²) in [5, 5.41) is 5.23. The maximum atomic E-state index is 6.37. The molecule has 0 aliphatic carbocycles. The fourth-order valence-electron chi connectivity index (χ4n) is 2.22. The average Bonchev–Trinajstić information content (AvgIpc) is 2.66.